The van der Waals surface area contributed by atoms with Gasteiger partial charge in [-0.15, -0.1) is 0 Å². The van der Waals surface area contributed by atoms with Crippen LogP contribution in [0.5, 0.6) is 5.75 Å². The molecule has 0 radical (unpaired) electrons. The number of imidazole rings is 1. The Labute approximate surface area is 249 Å². The van der Waals surface area contributed by atoms with Crippen LogP contribution in [0.4, 0.5) is 19.1 Å². The van der Waals surface area contributed by atoms with E-state index in [2.05, 4.69) is 32.1 Å². The Hall–Kier alpha value is -3.64. The molecule has 1 aromatic carbocycles. The van der Waals surface area contributed by atoms with Crippen molar-refractivity contribution >= 4 is 11.9 Å². The summed E-state index contributed by atoms with van der Waals surface area (Å²) in [5, 5.41) is 3.06. The normalized spacial score (nSPS) is 22.5. The number of anilines is 1. The molecule has 4 heterocycles. The zero-order chi connectivity index (χ0) is 30.5. The fourth-order valence-corrected chi connectivity index (χ4v) is 6.60. The lowest BCUT2D eigenvalue weighted by molar-refractivity contribution is 0.0449. The lowest BCUT2D eigenvalue weighted by Gasteiger charge is -2.40. The van der Waals surface area contributed by atoms with Crippen LogP contribution in [0.2, 0.25) is 0 Å². The van der Waals surface area contributed by atoms with Crippen molar-refractivity contribution in [2.24, 2.45) is 0 Å². The molecular formula is C31H38F3N7O2. The van der Waals surface area contributed by atoms with Gasteiger partial charge in [-0.05, 0) is 43.7 Å². The number of halogens is 3. The number of ether oxygens (including phenoxy) is 1. The molecule has 6 rings (SSSR count). The van der Waals surface area contributed by atoms with Crippen LogP contribution in [-0.4, -0.2) is 94.5 Å². The molecule has 2 aromatic heterocycles. The van der Waals surface area contributed by atoms with Gasteiger partial charge in [-0.25, -0.2) is 18.2 Å². The quantitative estimate of drug-likeness (QED) is 0.397. The first kappa shape index (κ1) is 29.4. The van der Waals surface area contributed by atoms with Crippen LogP contribution in [0.15, 0.2) is 36.8 Å². The van der Waals surface area contributed by atoms with E-state index in [0.29, 0.717) is 35.9 Å². The van der Waals surface area contributed by atoms with E-state index in [1.165, 1.54) is 11.0 Å². The van der Waals surface area contributed by atoms with Crippen molar-refractivity contribution in [1.29, 1.82) is 0 Å². The molecule has 3 aliphatic rings. The Morgan fingerprint density at radius 2 is 1.86 bits per heavy atom. The summed E-state index contributed by atoms with van der Waals surface area (Å²) in [5.74, 6) is -3.22. The number of fused-ring (bicyclic) bond motifs is 2. The van der Waals surface area contributed by atoms with Gasteiger partial charge in [0.15, 0.2) is 11.6 Å². The van der Waals surface area contributed by atoms with Gasteiger partial charge in [0.05, 0.1) is 36.5 Å². The van der Waals surface area contributed by atoms with Crippen LogP contribution in [0.3, 0.4) is 0 Å². The minimum absolute atomic E-state index is 0.0214. The second-order valence-corrected chi connectivity index (χ2v) is 11.9. The molecule has 230 valence electrons. The molecule has 1 saturated carbocycles. The third-order valence-electron chi connectivity index (χ3n) is 9.11. The zero-order valence-corrected chi connectivity index (χ0v) is 25.0. The summed E-state index contributed by atoms with van der Waals surface area (Å²) in [4.78, 5) is 28.8. The van der Waals surface area contributed by atoms with E-state index >= 15 is 8.78 Å². The molecule has 2 fully saturated rings. The average Bonchev–Trinajstić information content (AvgIpc) is 3.27. The topological polar surface area (TPSA) is 78.8 Å². The summed E-state index contributed by atoms with van der Waals surface area (Å²) >= 11 is 0. The SMILES string of the molecule is CCOc1cc([C@H](C)N2C[C@]3(CC3(F)F)c3c(CN4CCN(C)CC4)cc(Cn4ccnc4NC)cc3C2=O)ncc1F. The van der Waals surface area contributed by atoms with Gasteiger partial charge >= 0.3 is 0 Å². The molecule has 43 heavy (non-hydrogen) atoms. The van der Waals surface area contributed by atoms with Gasteiger partial charge in [-0.1, -0.05) is 6.07 Å². The maximum Gasteiger partial charge on any atom is 0.260 e. The molecule has 1 N–H and O–H groups in total. The largest absolute Gasteiger partial charge is 0.491 e. The third kappa shape index (κ3) is 5.24. The maximum absolute atomic E-state index is 15.6. The molecule has 0 unspecified atom stereocenters. The number of carbonyl (C=O) groups excluding carboxylic acids is 1. The first-order valence-corrected chi connectivity index (χ1v) is 14.8. The number of carbonyl (C=O) groups is 1. The first-order valence-electron chi connectivity index (χ1n) is 14.8. The molecule has 3 aromatic rings. The predicted octanol–water partition coefficient (Wildman–Crippen LogP) is 4.15. The minimum Gasteiger partial charge on any atom is -0.491 e. The molecule has 9 nitrogen and oxygen atoms in total. The number of nitrogens with zero attached hydrogens (tertiary/aromatic N) is 6. The molecular weight excluding hydrogens is 559 g/mol. The van der Waals surface area contributed by atoms with E-state index in [0.717, 1.165) is 43.5 Å². The highest BCUT2D eigenvalue weighted by Gasteiger charge is 2.75. The maximum atomic E-state index is 15.6. The fraction of sp³-hybridized carbons (Fsp3) is 0.516. The van der Waals surface area contributed by atoms with Crippen molar-refractivity contribution in [2.45, 2.75) is 50.7 Å². The van der Waals surface area contributed by atoms with E-state index in [9.17, 15) is 9.18 Å². The molecule has 1 spiro atoms. The van der Waals surface area contributed by atoms with E-state index < -0.39 is 23.2 Å². The lowest BCUT2D eigenvalue weighted by atomic mass is 9.80. The van der Waals surface area contributed by atoms with Crippen molar-refractivity contribution in [3.05, 3.63) is 70.6 Å². The monoisotopic (exact) mass is 597 g/mol. The van der Waals surface area contributed by atoms with Crippen LogP contribution in [0.25, 0.3) is 0 Å². The number of hydrogen-bond acceptors (Lipinski definition) is 7. The Balaban J connectivity index is 1.44. The van der Waals surface area contributed by atoms with Crippen molar-refractivity contribution in [3.8, 4) is 5.75 Å². The number of aromatic nitrogens is 3. The van der Waals surface area contributed by atoms with Gasteiger partial charge in [0.25, 0.3) is 11.8 Å². The van der Waals surface area contributed by atoms with Gasteiger partial charge in [0.1, 0.15) is 0 Å². The van der Waals surface area contributed by atoms with Crippen LogP contribution < -0.4 is 10.1 Å². The molecule has 1 aliphatic carbocycles. The lowest BCUT2D eigenvalue weighted by Crippen LogP contribution is -2.48. The Morgan fingerprint density at radius 1 is 1.12 bits per heavy atom. The molecule has 2 aliphatic heterocycles. The highest BCUT2D eigenvalue weighted by atomic mass is 19.3. The number of alkyl halides is 2. The second-order valence-electron chi connectivity index (χ2n) is 11.9. The zero-order valence-electron chi connectivity index (χ0n) is 25.0. The standard InChI is InChI=1S/C31H38F3N7O2/c1-5-43-26-14-25(37-15-24(26)32)20(2)41-19-30(18-31(30,33)34)27-22(17-39-10-8-38(4)9-11-39)12-21(13-23(27)28(41)42)16-40-7-6-36-29(40)35-3/h6-7,12-15,20H,5,8-11,16-19H2,1-4H3,(H,35,36)/t20-,30+/m0/s1. The van der Waals surface area contributed by atoms with Crippen LogP contribution in [0, 0.1) is 5.82 Å². The van der Waals surface area contributed by atoms with Crippen LogP contribution >= 0.6 is 0 Å². The third-order valence-corrected chi connectivity index (χ3v) is 9.11. The number of rotatable bonds is 9. The van der Waals surface area contributed by atoms with Crippen molar-refractivity contribution in [1.82, 2.24) is 29.2 Å². The van der Waals surface area contributed by atoms with E-state index in [1.54, 1.807) is 33.2 Å². The van der Waals surface area contributed by atoms with E-state index in [-0.39, 0.29) is 31.2 Å². The highest BCUT2D eigenvalue weighted by Crippen LogP contribution is 2.65. The smallest absolute Gasteiger partial charge is 0.260 e. The summed E-state index contributed by atoms with van der Waals surface area (Å²) < 4.78 is 52.8. The van der Waals surface area contributed by atoms with Crippen LogP contribution in [0.1, 0.15) is 59.1 Å². The summed E-state index contributed by atoms with van der Waals surface area (Å²) in [7, 11) is 3.86. The molecule has 1 amide bonds. The minimum atomic E-state index is -2.96. The number of piperazine rings is 1. The molecule has 12 heteroatoms. The first-order chi connectivity index (χ1) is 20.6. The number of hydrogen-bond donors (Lipinski definition) is 1. The van der Waals surface area contributed by atoms with Gasteiger partial charge in [0.2, 0.25) is 5.95 Å². The van der Waals surface area contributed by atoms with Gasteiger partial charge < -0.3 is 24.4 Å². The molecule has 2 atom stereocenters. The van der Waals surface area contributed by atoms with Crippen molar-refractivity contribution < 1.29 is 22.7 Å². The summed E-state index contributed by atoms with van der Waals surface area (Å²) in [6, 6.07) is 4.54. The second kappa shape index (κ2) is 11.1. The number of pyridine rings is 1. The predicted molar refractivity (Wildman–Crippen MR) is 156 cm³/mol. The van der Waals surface area contributed by atoms with Crippen molar-refractivity contribution in [3.63, 3.8) is 0 Å². The Bertz CT molecular complexity index is 1520. The highest BCUT2D eigenvalue weighted by molar-refractivity contribution is 5.99. The van der Waals surface area contributed by atoms with Gasteiger partial charge in [0, 0.05) is 76.8 Å². The average molecular weight is 598 g/mol. The van der Waals surface area contributed by atoms with Crippen molar-refractivity contribution in [2.75, 3.05) is 58.7 Å². The molecule has 0 bridgehead atoms. The van der Waals surface area contributed by atoms with Gasteiger partial charge in [-0.3, -0.25) is 14.7 Å². The number of nitrogens with one attached hydrogen (secondary N) is 1. The number of likely N-dealkylation sites (N-methyl/N-ethyl adjacent to an activating group) is 1. The summed E-state index contributed by atoms with van der Waals surface area (Å²) in [5.41, 5.74) is 1.27. The van der Waals surface area contributed by atoms with Crippen LogP contribution in [-0.2, 0) is 18.5 Å². The Kier molecular flexibility index (Phi) is 7.62. The Morgan fingerprint density at radius 3 is 2.53 bits per heavy atom. The van der Waals surface area contributed by atoms with Gasteiger partial charge in [-0.2, -0.15) is 0 Å². The van der Waals surface area contributed by atoms with E-state index in [4.69, 9.17) is 4.74 Å². The number of amides is 1. The summed E-state index contributed by atoms with van der Waals surface area (Å²) in [6.07, 6.45) is 4.26. The number of benzene rings is 1. The van der Waals surface area contributed by atoms with E-state index in [1.807, 2.05) is 16.8 Å². The summed E-state index contributed by atoms with van der Waals surface area (Å²) in [6.45, 7) is 7.93. The fourth-order valence-electron chi connectivity index (χ4n) is 6.60. The molecule has 1 saturated heterocycles.